The van der Waals surface area contributed by atoms with Crippen LogP contribution in [0.25, 0.3) is 0 Å². The van der Waals surface area contributed by atoms with Crippen molar-refractivity contribution < 1.29 is 12.6 Å². The molecule has 0 saturated heterocycles. The van der Waals surface area contributed by atoms with Gasteiger partial charge in [-0.05, 0) is 24.6 Å². The highest BCUT2D eigenvalue weighted by atomic mass is 32.2. The Morgan fingerprint density at radius 1 is 1.47 bits per heavy atom. The van der Waals surface area contributed by atoms with Crippen molar-refractivity contribution in [3.63, 3.8) is 0 Å². The molecule has 1 rings (SSSR count). The van der Waals surface area contributed by atoms with E-state index in [-0.39, 0.29) is 22.2 Å². The molecule has 19 heavy (non-hydrogen) atoms. The lowest BCUT2D eigenvalue weighted by molar-refractivity contribution is 0.584. The quantitative estimate of drug-likeness (QED) is 0.735. The molecule has 0 aromatic heterocycles. The van der Waals surface area contributed by atoms with Crippen molar-refractivity contribution in [3.05, 3.63) is 29.3 Å². The summed E-state index contributed by atoms with van der Waals surface area (Å²) in [5.74, 6) is 0.281. The Morgan fingerprint density at radius 3 is 2.58 bits per heavy atom. The second kappa shape index (κ2) is 6.56. The van der Waals surface area contributed by atoms with Crippen LogP contribution in [0.5, 0.6) is 0 Å². The number of thiocarbonyl (C=S) groups is 1. The maximum atomic E-state index is 12.0. The van der Waals surface area contributed by atoms with Crippen LogP contribution in [0.2, 0.25) is 0 Å². The monoisotopic (exact) mass is 320 g/mol. The summed E-state index contributed by atoms with van der Waals surface area (Å²) in [6.07, 6.45) is 1.52. The van der Waals surface area contributed by atoms with Gasteiger partial charge in [-0.15, -0.1) is 0 Å². The predicted octanol–water partition coefficient (Wildman–Crippen LogP) is 0.286. The van der Waals surface area contributed by atoms with Gasteiger partial charge in [-0.2, -0.15) is 0 Å². The van der Waals surface area contributed by atoms with Gasteiger partial charge in [0.15, 0.2) is 0 Å². The van der Waals surface area contributed by atoms with Crippen molar-refractivity contribution in [1.82, 2.24) is 4.72 Å². The molecule has 1 atom stereocenters. The molecule has 0 spiro atoms. The van der Waals surface area contributed by atoms with Crippen LogP contribution in [0.4, 0.5) is 0 Å². The molecule has 0 aliphatic heterocycles. The van der Waals surface area contributed by atoms with Gasteiger partial charge in [0.05, 0.1) is 4.90 Å². The Morgan fingerprint density at radius 2 is 2.11 bits per heavy atom. The minimum atomic E-state index is -3.59. The number of hydrogen-bond donors (Lipinski definition) is 2. The van der Waals surface area contributed by atoms with Gasteiger partial charge in [-0.3, -0.25) is 4.21 Å². The lowest BCUT2D eigenvalue weighted by atomic mass is 10.1. The summed E-state index contributed by atoms with van der Waals surface area (Å²) < 4.78 is 37.2. The van der Waals surface area contributed by atoms with Crippen LogP contribution in [-0.2, 0) is 20.8 Å². The molecule has 1 unspecified atom stereocenters. The highest BCUT2D eigenvalue weighted by Crippen LogP contribution is 2.15. The summed E-state index contributed by atoms with van der Waals surface area (Å²) in [6.45, 7) is 1.89. The zero-order valence-electron chi connectivity index (χ0n) is 10.7. The maximum Gasteiger partial charge on any atom is 0.240 e. The standard InChI is InChI=1S/C11H16N2O3S3/c1-8-7-9(3-4-10(8)11(12)17)19(15,16)13-5-6-18(2)14/h3-4,7,13H,5-6H2,1-2H3,(H2,12,17). The molecular formula is C11H16N2O3S3. The van der Waals surface area contributed by atoms with Crippen LogP contribution < -0.4 is 10.5 Å². The third kappa shape index (κ3) is 4.64. The molecule has 1 aromatic rings. The first-order valence-electron chi connectivity index (χ1n) is 5.44. The Kier molecular flexibility index (Phi) is 5.60. The summed E-state index contributed by atoms with van der Waals surface area (Å²) >= 11 is 4.86. The number of sulfonamides is 1. The van der Waals surface area contributed by atoms with Gasteiger partial charge < -0.3 is 5.73 Å². The fourth-order valence-corrected chi connectivity index (χ4v) is 3.35. The fraction of sp³-hybridized carbons (Fsp3) is 0.364. The van der Waals surface area contributed by atoms with Crippen molar-refractivity contribution in [2.45, 2.75) is 11.8 Å². The first-order valence-corrected chi connectivity index (χ1v) is 9.06. The van der Waals surface area contributed by atoms with Crippen LogP contribution >= 0.6 is 12.2 Å². The van der Waals surface area contributed by atoms with Gasteiger partial charge in [0, 0.05) is 34.9 Å². The van der Waals surface area contributed by atoms with E-state index in [0.717, 1.165) is 0 Å². The van der Waals surface area contributed by atoms with Crippen LogP contribution in [0.1, 0.15) is 11.1 Å². The smallest absolute Gasteiger partial charge is 0.240 e. The van der Waals surface area contributed by atoms with Crippen molar-refractivity contribution in [2.24, 2.45) is 5.73 Å². The first kappa shape index (κ1) is 16.2. The normalized spacial score (nSPS) is 13.2. The summed E-state index contributed by atoms with van der Waals surface area (Å²) in [6, 6.07) is 4.55. The van der Waals surface area contributed by atoms with E-state index in [0.29, 0.717) is 11.1 Å². The van der Waals surface area contributed by atoms with Crippen molar-refractivity contribution in [3.8, 4) is 0 Å². The highest BCUT2D eigenvalue weighted by molar-refractivity contribution is 7.89. The summed E-state index contributed by atoms with van der Waals surface area (Å²) in [5, 5.41) is 0. The van der Waals surface area contributed by atoms with E-state index in [4.69, 9.17) is 18.0 Å². The maximum absolute atomic E-state index is 12.0. The minimum Gasteiger partial charge on any atom is -0.389 e. The second-order valence-electron chi connectivity index (χ2n) is 4.02. The first-order chi connectivity index (χ1) is 8.74. The summed E-state index contributed by atoms with van der Waals surface area (Å²) in [4.78, 5) is 0.377. The van der Waals surface area contributed by atoms with E-state index in [2.05, 4.69) is 4.72 Å². The molecule has 3 N–H and O–H groups in total. The number of hydrogen-bond acceptors (Lipinski definition) is 4. The fourth-order valence-electron chi connectivity index (χ4n) is 1.48. The number of nitrogens with one attached hydrogen (secondary N) is 1. The molecular weight excluding hydrogens is 304 g/mol. The van der Waals surface area contributed by atoms with Gasteiger partial charge >= 0.3 is 0 Å². The van der Waals surface area contributed by atoms with Gasteiger partial charge in [-0.1, -0.05) is 18.3 Å². The Hall–Kier alpha value is -0.830. The SMILES string of the molecule is Cc1cc(S(=O)(=O)NCCS(C)=O)ccc1C(N)=S. The van der Waals surface area contributed by atoms with Crippen LogP contribution in [0.15, 0.2) is 23.1 Å². The third-order valence-corrected chi connectivity index (χ3v) is 4.91. The minimum absolute atomic E-state index is 0.140. The molecule has 0 amide bonds. The summed E-state index contributed by atoms with van der Waals surface area (Å²) in [5.41, 5.74) is 6.88. The molecule has 0 aliphatic rings. The third-order valence-electron chi connectivity index (χ3n) is 2.46. The molecule has 0 saturated carbocycles. The Bertz CT molecular complexity index is 612. The van der Waals surface area contributed by atoms with E-state index in [1.807, 2.05) is 0 Å². The second-order valence-corrected chi connectivity index (χ2v) is 7.78. The number of benzene rings is 1. The Balaban J connectivity index is 2.93. The number of aryl methyl sites for hydroxylation is 1. The zero-order chi connectivity index (χ0) is 14.6. The van der Waals surface area contributed by atoms with Gasteiger partial charge in [0.1, 0.15) is 4.99 Å². The van der Waals surface area contributed by atoms with Gasteiger partial charge in [0.25, 0.3) is 0 Å². The molecule has 0 fully saturated rings. The molecule has 0 radical (unpaired) electrons. The average molecular weight is 320 g/mol. The summed E-state index contributed by atoms with van der Waals surface area (Å²) in [7, 11) is -4.62. The molecule has 5 nitrogen and oxygen atoms in total. The van der Waals surface area contributed by atoms with E-state index < -0.39 is 20.8 Å². The van der Waals surface area contributed by atoms with Gasteiger partial charge in [-0.25, -0.2) is 13.1 Å². The molecule has 0 bridgehead atoms. The lowest BCUT2D eigenvalue weighted by Crippen LogP contribution is -2.28. The van der Waals surface area contributed by atoms with E-state index in [9.17, 15) is 12.6 Å². The average Bonchev–Trinajstić information content (AvgIpc) is 2.27. The van der Waals surface area contributed by atoms with E-state index >= 15 is 0 Å². The number of rotatable bonds is 6. The highest BCUT2D eigenvalue weighted by Gasteiger charge is 2.15. The molecule has 0 heterocycles. The molecule has 106 valence electrons. The lowest BCUT2D eigenvalue weighted by Gasteiger charge is -2.09. The van der Waals surface area contributed by atoms with Crippen molar-refractivity contribution in [2.75, 3.05) is 18.6 Å². The molecule has 1 aromatic carbocycles. The molecule has 0 aliphatic carbocycles. The van der Waals surface area contributed by atoms with Crippen LogP contribution in [0, 0.1) is 6.92 Å². The van der Waals surface area contributed by atoms with Crippen LogP contribution in [0.3, 0.4) is 0 Å². The van der Waals surface area contributed by atoms with Crippen molar-refractivity contribution in [1.29, 1.82) is 0 Å². The topological polar surface area (TPSA) is 89.3 Å². The Labute approximate surface area is 121 Å². The number of nitrogens with two attached hydrogens (primary N) is 1. The van der Waals surface area contributed by atoms with Crippen molar-refractivity contribution >= 4 is 38.0 Å². The predicted molar refractivity (Wildman–Crippen MR) is 81.2 cm³/mol. The molecule has 8 heteroatoms. The van der Waals surface area contributed by atoms with E-state index in [1.54, 1.807) is 13.0 Å². The van der Waals surface area contributed by atoms with Gasteiger partial charge in [0.2, 0.25) is 10.0 Å². The van der Waals surface area contributed by atoms with E-state index in [1.165, 1.54) is 18.4 Å². The largest absolute Gasteiger partial charge is 0.389 e. The van der Waals surface area contributed by atoms with Crippen LogP contribution in [-0.4, -0.2) is 36.2 Å². The zero-order valence-corrected chi connectivity index (χ0v) is 13.1.